The Hall–Kier alpha value is 2.97. The van der Waals surface area contributed by atoms with Gasteiger partial charge in [0, 0.05) is 0 Å². The van der Waals surface area contributed by atoms with E-state index in [1.165, 1.54) is 0 Å². The van der Waals surface area contributed by atoms with Crippen LogP contribution in [0.5, 0.6) is 0 Å². The molecule has 5 heavy (non-hydrogen) atoms. The number of halogens is 2. The molecule has 0 saturated carbocycles. The van der Waals surface area contributed by atoms with E-state index in [-0.39, 0.29) is 100 Å². The van der Waals surface area contributed by atoms with Crippen LogP contribution < -0.4 is 43.7 Å². The Labute approximate surface area is 98.4 Å². The van der Waals surface area contributed by atoms with Crippen molar-refractivity contribution < 1.29 is 45.1 Å². The van der Waals surface area contributed by atoms with E-state index in [1.807, 2.05) is 0 Å². The molecule has 0 amide bonds. The zero-order chi connectivity index (χ0) is 0. The third-order valence-corrected chi connectivity index (χ3v) is 0. The van der Waals surface area contributed by atoms with Gasteiger partial charge in [-0.25, -0.2) is 0 Å². The molecule has 0 spiro atoms. The standard InChI is InChI=1S/Al.Ca.2ClH.Li.4H/h;;2*1H;;;;;/q;+2;;;+1;;;;-1/p-2. The van der Waals surface area contributed by atoms with E-state index in [0.29, 0.717) is 0 Å². The summed E-state index contributed by atoms with van der Waals surface area (Å²) in [7, 11) is 0. The van der Waals surface area contributed by atoms with E-state index in [2.05, 4.69) is 0 Å². The molecule has 0 N–H and O–H groups in total. The predicted molar refractivity (Wildman–Crippen MR) is 16.8 cm³/mol. The fourth-order valence-corrected chi connectivity index (χ4v) is 0. The Balaban J connectivity index is 0. The molecule has 0 fully saturated rings. The fourth-order valence-electron chi connectivity index (χ4n) is 0. The Bertz CT molecular complexity index is 13.5. The minimum Gasteiger partial charge on any atom is -1.00 e. The van der Waals surface area contributed by atoms with Crippen molar-refractivity contribution in [3.8, 4) is 0 Å². The predicted octanol–water partition coefficient (Wildman–Crippen LogP) is -10.4. The maximum atomic E-state index is 0. The van der Waals surface area contributed by atoms with Crippen molar-refractivity contribution in [1.29, 1.82) is 0 Å². The molecule has 0 heterocycles. The van der Waals surface area contributed by atoms with Crippen LogP contribution in [-0.2, 0) is 0 Å². The molecule has 0 aromatic carbocycles. The summed E-state index contributed by atoms with van der Waals surface area (Å²) < 4.78 is 0. The molecule has 0 aromatic heterocycles. The summed E-state index contributed by atoms with van der Waals surface area (Å²) in [5, 5.41) is 0. The van der Waals surface area contributed by atoms with Crippen molar-refractivity contribution in [1.82, 2.24) is 0 Å². The first kappa shape index (κ1) is 43.9. The molecule has 0 aliphatic heterocycles. The van der Waals surface area contributed by atoms with Crippen molar-refractivity contribution in [3.05, 3.63) is 0 Å². The van der Waals surface area contributed by atoms with Gasteiger partial charge in [0.05, 0.1) is 0 Å². The molecule has 0 atom stereocenters. The molecule has 5 heteroatoms. The van der Waals surface area contributed by atoms with Gasteiger partial charge in [-0.05, 0) is 0 Å². The van der Waals surface area contributed by atoms with Crippen LogP contribution in [0.3, 0.4) is 0 Å². The van der Waals surface area contributed by atoms with Crippen LogP contribution in [0.2, 0.25) is 0 Å². The van der Waals surface area contributed by atoms with Crippen LogP contribution in [0.15, 0.2) is 0 Å². The summed E-state index contributed by atoms with van der Waals surface area (Å²) in [6.07, 6.45) is 0. The third kappa shape index (κ3) is 19.5. The van der Waals surface area contributed by atoms with Crippen molar-refractivity contribution in [2.45, 2.75) is 0 Å². The van der Waals surface area contributed by atoms with Crippen LogP contribution in [0.4, 0.5) is 0 Å². The average Bonchev–Trinajstić information content (AvgIpc) is 0. The topological polar surface area (TPSA) is 0 Å². The van der Waals surface area contributed by atoms with E-state index in [0.717, 1.165) is 0 Å². The second-order valence-corrected chi connectivity index (χ2v) is 0. The summed E-state index contributed by atoms with van der Waals surface area (Å²) in [5.41, 5.74) is 0. The van der Waals surface area contributed by atoms with Gasteiger partial charge < -0.3 is 26.2 Å². The molecular formula is H4AlCaCl2Li. The van der Waals surface area contributed by atoms with E-state index < -0.39 is 0 Å². The van der Waals surface area contributed by atoms with Crippen molar-refractivity contribution in [2.24, 2.45) is 0 Å². The molecule has 0 saturated heterocycles. The Morgan fingerprint density at radius 3 is 1.00 bits per heavy atom. The van der Waals surface area contributed by atoms with Crippen LogP contribution >= 0.6 is 0 Å². The minimum atomic E-state index is 0. The molecule has 0 rings (SSSR count). The van der Waals surface area contributed by atoms with Gasteiger partial charge in [0.2, 0.25) is 0 Å². The molecule has 0 radical (unpaired) electrons. The van der Waals surface area contributed by atoms with Crippen molar-refractivity contribution >= 4 is 55.1 Å². The Morgan fingerprint density at radius 2 is 1.00 bits per heavy atom. The van der Waals surface area contributed by atoms with Gasteiger partial charge in [-0.15, -0.1) is 0 Å². The van der Waals surface area contributed by atoms with Crippen LogP contribution in [0.25, 0.3) is 0 Å². The van der Waals surface area contributed by atoms with Crippen LogP contribution in [0, 0.1) is 0 Å². The van der Waals surface area contributed by atoms with Gasteiger partial charge >= 0.3 is 56.6 Å². The zero-order valence-electron chi connectivity index (χ0n) is 3.46. The average molecular weight is 149 g/mol. The van der Waals surface area contributed by atoms with E-state index >= 15 is 0 Å². The summed E-state index contributed by atoms with van der Waals surface area (Å²) in [5.74, 6) is 0. The monoisotopic (exact) mass is 148 g/mol. The summed E-state index contributed by atoms with van der Waals surface area (Å²) >= 11 is 0. The zero-order valence-corrected chi connectivity index (χ0v) is 6.18. The molecule has 0 nitrogen and oxygen atoms in total. The van der Waals surface area contributed by atoms with Crippen molar-refractivity contribution in [2.75, 3.05) is 0 Å². The first-order chi connectivity index (χ1) is 0. The number of hydrogen-bond donors (Lipinski definition) is 0. The maximum Gasteiger partial charge on any atom is 2.00 e. The molecule has 0 unspecified atom stereocenters. The van der Waals surface area contributed by atoms with Gasteiger partial charge in [0.15, 0.2) is 17.4 Å². The first-order valence-corrected chi connectivity index (χ1v) is 0. The van der Waals surface area contributed by atoms with Crippen LogP contribution in [0.1, 0.15) is 1.43 Å². The maximum absolute atomic E-state index is 0. The summed E-state index contributed by atoms with van der Waals surface area (Å²) in [4.78, 5) is 0. The van der Waals surface area contributed by atoms with E-state index in [9.17, 15) is 0 Å². The first-order valence-electron chi connectivity index (χ1n) is 0. The number of rotatable bonds is 0. The van der Waals surface area contributed by atoms with Gasteiger partial charge in [0.1, 0.15) is 0 Å². The van der Waals surface area contributed by atoms with Gasteiger partial charge in [-0.1, -0.05) is 0 Å². The van der Waals surface area contributed by atoms with Crippen molar-refractivity contribution in [3.63, 3.8) is 0 Å². The Kier molecular flexibility index (Phi) is 247. The number of hydrogen-bond acceptors (Lipinski definition) is 0. The molecule has 0 aliphatic rings. The largest absolute Gasteiger partial charge is 2.00 e. The van der Waals surface area contributed by atoms with Crippen LogP contribution in [-0.4, -0.2) is 55.1 Å². The van der Waals surface area contributed by atoms with Gasteiger partial charge in [-0.3, -0.25) is 0 Å². The Morgan fingerprint density at radius 1 is 1.00 bits per heavy atom. The SMILES string of the molecule is [AlH3].[Ca+2].[Cl-].[Cl-].[H-].[Li+]. The minimum absolute atomic E-state index is 0. The normalized spacial score (nSPS) is 0. The quantitative estimate of drug-likeness (QED) is 0.300. The van der Waals surface area contributed by atoms with E-state index in [1.54, 1.807) is 0 Å². The summed E-state index contributed by atoms with van der Waals surface area (Å²) in [6, 6.07) is 0. The second kappa shape index (κ2) is 28.2. The van der Waals surface area contributed by atoms with Gasteiger partial charge in [-0.2, -0.15) is 0 Å². The van der Waals surface area contributed by atoms with Gasteiger partial charge in [0.25, 0.3) is 0 Å². The molecular weight excluding hydrogens is 145 g/mol. The third-order valence-electron chi connectivity index (χ3n) is 0. The second-order valence-electron chi connectivity index (χ2n) is 0. The molecule has 0 aliphatic carbocycles. The molecule has 0 aromatic rings. The molecule has 24 valence electrons. The molecule has 0 bridgehead atoms. The summed E-state index contributed by atoms with van der Waals surface area (Å²) in [6.45, 7) is 0. The smallest absolute Gasteiger partial charge is 1.00 e. The fraction of sp³-hybridized carbons (Fsp3) is 0. The van der Waals surface area contributed by atoms with E-state index in [4.69, 9.17) is 0 Å².